The van der Waals surface area contributed by atoms with E-state index in [1.54, 1.807) is 37.1 Å². The van der Waals surface area contributed by atoms with Gasteiger partial charge in [0.25, 0.3) is 0 Å². The zero-order valence-corrected chi connectivity index (χ0v) is 16.0. The zero-order valence-electron chi connectivity index (χ0n) is 14.4. The molecule has 1 aromatic heterocycles. The molecule has 25 heavy (non-hydrogen) atoms. The third-order valence-corrected chi connectivity index (χ3v) is 4.41. The Balaban J connectivity index is 2.66. The Hall–Kier alpha value is -1.86. The molecule has 8 heteroatoms. The molecule has 136 valence electrons. The van der Waals surface area contributed by atoms with Crippen molar-refractivity contribution in [3.63, 3.8) is 0 Å². The van der Waals surface area contributed by atoms with Crippen molar-refractivity contribution in [2.45, 2.75) is 26.7 Å². The molecule has 0 saturated carbocycles. The first kappa shape index (κ1) is 21.2. The van der Waals surface area contributed by atoms with Gasteiger partial charge in [-0.2, -0.15) is 11.8 Å². The van der Waals surface area contributed by atoms with Gasteiger partial charge in [0.1, 0.15) is 11.0 Å². The number of anilines is 1. The molecule has 0 aliphatic carbocycles. The van der Waals surface area contributed by atoms with Crippen LogP contribution in [0.4, 0.5) is 5.69 Å². The summed E-state index contributed by atoms with van der Waals surface area (Å²) >= 11 is 7.44. The summed E-state index contributed by atoms with van der Waals surface area (Å²) in [4.78, 5) is 28.8. The highest BCUT2D eigenvalue weighted by atomic mass is 35.5. The van der Waals surface area contributed by atoms with Gasteiger partial charge in [0.2, 0.25) is 5.91 Å². The van der Waals surface area contributed by atoms with Crippen LogP contribution in [0.2, 0.25) is 0 Å². The van der Waals surface area contributed by atoms with Crippen molar-refractivity contribution in [1.29, 1.82) is 5.41 Å². The number of thioether (sulfide) groups is 1. The van der Waals surface area contributed by atoms with Crippen molar-refractivity contribution >= 4 is 45.9 Å². The van der Waals surface area contributed by atoms with Crippen molar-refractivity contribution < 1.29 is 9.59 Å². The molecule has 0 unspecified atom stereocenters. The van der Waals surface area contributed by atoms with E-state index in [1.165, 1.54) is 11.1 Å². The molecule has 0 aliphatic rings. The minimum atomic E-state index is -0.212. The monoisotopic (exact) mass is 382 g/mol. The first-order valence-electron chi connectivity index (χ1n) is 7.94. The number of ketones is 1. The number of aromatic nitrogens is 1. The summed E-state index contributed by atoms with van der Waals surface area (Å²) in [6.45, 7) is 3.80. The number of nitrogens with one attached hydrogen (secondary N) is 2. The highest BCUT2D eigenvalue weighted by Crippen LogP contribution is 2.14. The van der Waals surface area contributed by atoms with Gasteiger partial charge in [0.05, 0.1) is 17.6 Å². The van der Waals surface area contributed by atoms with E-state index in [0.29, 0.717) is 36.6 Å². The van der Waals surface area contributed by atoms with Gasteiger partial charge in [-0.15, -0.1) is 0 Å². The Morgan fingerprint density at radius 1 is 1.40 bits per heavy atom. The number of Topliss-reactive ketones (excluding diaryl/α,β-unsaturated/α-hetero) is 1. The number of allylic oxidation sites excluding steroid dienone is 1. The Bertz CT molecular complexity index is 622. The maximum absolute atomic E-state index is 12.4. The van der Waals surface area contributed by atoms with Gasteiger partial charge in [0, 0.05) is 43.3 Å². The van der Waals surface area contributed by atoms with Gasteiger partial charge < -0.3 is 10.2 Å². The third kappa shape index (κ3) is 8.18. The molecule has 2 N–H and O–H groups in total. The fraction of sp³-hybridized carbons (Fsp3) is 0.412. The maximum Gasteiger partial charge on any atom is 0.227 e. The van der Waals surface area contributed by atoms with Crippen molar-refractivity contribution in [3.05, 3.63) is 36.4 Å². The third-order valence-electron chi connectivity index (χ3n) is 3.23. The van der Waals surface area contributed by atoms with Crippen LogP contribution >= 0.6 is 23.4 Å². The van der Waals surface area contributed by atoms with Gasteiger partial charge in [-0.3, -0.25) is 20.0 Å². The molecule has 1 amide bonds. The van der Waals surface area contributed by atoms with Crippen LogP contribution in [0.25, 0.3) is 0 Å². The average molecular weight is 383 g/mol. The fourth-order valence-electron chi connectivity index (χ4n) is 1.95. The lowest BCUT2D eigenvalue weighted by Gasteiger charge is -2.23. The van der Waals surface area contributed by atoms with Gasteiger partial charge in [-0.25, -0.2) is 0 Å². The first-order valence-corrected chi connectivity index (χ1v) is 9.47. The van der Waals surface area contributed by atoms with Crippen LogP contribution in [0.5, 0.6) is 0 Å². The molecule has 0 atom stereocenters. The summed E-state index contributed by atoms with van der Waals surface area (Å²) in [6, 6.07) is 3.60. The Morgan fingerprint density at radius 2 is 2.12 bits per heavy atom. The fourth-order valence-corrected chi connectivity index (χ4v) is 3.06. The average Bonchev–Trinajstić information content (AvgIpc) is 2.58. The minimum Gasteiger partial charge on any atom is -0.358 e. The standard InChI is InChI=1S/C17H23ClN4O2S/c1-3-22(16(24)7-10-25-9-6-13(2)23)15(17(18)19)12-21-14-5-4-8-20-11-14/h4-5,8,11-12,19,21H,3,6-7,9-10H2,1-2H3/b15-12+,19-17?. The van der Waals surface area contributed by atoms with E-state index in [4.69, 9.17) is 17.0 Å². The number of amides is 1. The highest BCUT2D eigenvalue weighted by Gasteiger charge is 2.18. The SMILES string of the molecule is CCN(C(=O)CCSCCC(C)=O)/C(=C/Nc1cccnc1)C(=N)Cl. The molecule has 0 bridgehead atoms. The lowest BCUT2D eigenvalue weighted by atomic mass is 10.3. The number of rotatable bonds is 11. The molecule has 0 saturated heterocycles. The van der Waals surface area contributed by atoms with Crippen LogP contribution in [0.1, 0.15) is 26.7 Å². The minimum absolute atomic E-state index is 0.109. The van der Waals surface area contributed by atoms with Crippen molar-refractivity contribution in [3.8, 4) is 0 Å². The first-order chi connectivity index (χ1) is 12.0. The number of hydrogen-bond donors (Lipinski definition) is 2. The van der Waals surface area contributed by atoms with Crippen LogP contribution < -0.4 is 5.32 Å². The van der Waals surface area contributed by atoms with Crippen molar-refractivity contribution in [2.75, 3.05) is 23.4 Å². The molecule has 1 heterocycles. The molecule has 0 spiro atoms. The van der Waals surface area contributed by atoms with Gasteiger partial charge in [-0.1, -0.05) is 11.6 Å². The molecule has 1 aromatic rings. The maximum atomic E-state index is 12.4. The number of carbonyl (C=O) groups excluding carboxylic acids is 2. The van der Waals surface area contributed by atoms with Gasteiger partial charge in [0.15, 0.2) is 0 Å². The second kappa shape index (κ2) is 11.7. The quantitative estimate of drug-likeness (QED) is 0.452. The van der Waals surface area contributed by atoms with E-state index in [2.05, 4.69) is 10.3 Å². The Labute approximate surface area is 157 Å². The van der Waals surface area contributed by atoms with E-state index in [1.807, 2.05) is 13.0 Å². The number of pyridine rings is 1. The van der Waals surface area contributed by atoms with Crippen molar-refractivity contribution in [2.24, 2.45) is 0 Å². The summed E-state index contributed by atoms with van der Waals surface area (Å²) in [5, 5.41) is 10.5. The van der Waals surface area contributed by atoms with Crippen LogP contribution in [-0.2, 0) is 9.59 Å². The molecule has 0 aromatic carbocycles. The summed E-state index contributed by atoms with van der Waals surface area (Å²) in [6.07, 6.45) is 5.67. The normalized spacial score (nSPS) is 11.1. The topological polar surface area (TPSA) is 86.2 Å². The molecule has 1 rings (SSSR count). The van der Waals surface area contributed by atoms with Crippen LogP contribution in [0.15, 0.2) is 36.4 Å². The summed E-state index contributed by atoms with van der Waals surface area (Å²) in [7, 11) is 0. The van der Waals surface area contributed by atoms with Crippen LogP contribution in [0, 0.1) is 5.41 Å². The Kier molecular flexibility index (Phi) is 9.87. The zero-order chi connectivity index (χ0) is 18.7. The summed E-state index contributed by atoms with van der Waals surface area (Å²) < 4.78 is 0. The summed E-state index contributed by atoms with van der Waals surface area (Å²) in [5.74, 6) is 1.38. The predicted octanol–water partition coefficient (Wildman–Crippen LogP) is 3.50. The number of nitrogens with zero attached hydrogens (tertiary/aromatic N) is 2. The second-order valence-corrected chi connectivity index (χ2v) is 6.78. The highest BCUT2D eigenvalue weighted by molar-refractivity contribution is 7.99. The smallest absolute Gasteiger partial charge is 0.227 e. The van der Waals surface area contributed by atoms with Crippen molar-refractivity contribution in [1.82, 2.24) is 9.88 Å². The predicted molar refractivity (Wildman–Crippen MR) is 104 cm³/mol. The lowest BCUT2D eigenvalue weighted by Crippen LogP contribution is -2.33. The molecule has 0 radical (unpaired) electrons. The molecule has 0 aliphatic heterocycles. The Morgan fingerprint density at radius 3 is 2.68 bits per heavy atom. The molecule has 0 fully saturated rings. The lowest BCUT2D eigenvalue weighted by molar-refractivity contribution is -0.128. The second-order valence-electron chi connectivity index (χ2n) is 5.18. The molecular weight excluding hydrogens is 360 g/mol. The van der Waals surface area contributed by atoms with E-state index in [0.717, 1.165) is 5.69 Å². The summed E-state index contributed by atoms with van der Waals surface area (Å²) in [5.41, 5.74) is 1.05. The van der Waals surface area contributed by atoms with E-state index >= 15 is 0 Å². The number of halogens is 1. The number of carbonyl (C=O) groups is 2. The molecular formula is C17H23ClN4O2S. The van der Waals surface area contributed by atoms with E-state index in [9.17, 15) is 9.59 Å². The number of hydrogen-bond acceptors (Lipinski definition) is 6. The van der Waals surface area contributed by atoms with Gasteiger partial charge >= 0.3 is 0 Å². The van der Waals surface area contributed by atoms with E-state index in [-0.39, 0.29) is 16.9 Å². The van der Waals surface area contributed by atoms with Gasteiger partial charge in [-0.05, 0) is 26.0 Å². The van der Waals surface area contributed by atoms with Crippen LogP contribution in [-0.4, -0.2) is 44.8 Å². The largest absolute Gasteiger partial charge is 0.358 e. The molecule has 6 nitrogen and oxygen atoms in total. The van der Waals surface area contributed by atoms with Crippen LogP contribution in [0.3, 0.4) is 0 Å². The van der Waals surface area contributed by atoms with E-state index < -0.39 is 0 Å².